The SMILES string of the molecule is CCCCCCCCCCCCCCC/C=C/[C@@H](O)[C@H](COP(=O)(O)OCC[N+](C)(C)C)NC(=O)CCCCCCCCCCCCCCCC. The molecule has 0 saturated heterocycles. The van der Waals surface area contributed by atoms with Gasteiger partial charge in [-0.2, -0.15) is 0 Å². The van der Waals surface area contributed by atoms with Crippen LogP contribution in [0.5, 0.6) is 0 Å². The van der Waals surface area contributed by atoms with Gasteiger partial charge in [0.05, 0.1) is 39.9 Å². The second-order valence-corrected chi connectivity index (χ2v) is 17.5. The highest BCUT2D eigenvalue weighted by molar-refractivity contribution is 7.47. The number of hydrogen-bond donors (Lipinski definition) is 3. The molecule has 0 aliphatic rings. The number of likely N-dealkylation sites (N-methyl/N-ethyl adjacent to an activating group) is 1. The van der Waals surface area contributed by atoms with Crippen LogP contribution in [0.15, 0.2) is 12.2 Å². The fraction of sp³-hybridized carbons (Fsp3) is 0.929. The van der Waals surface area contributed by atoms with Crippen LogP contribution in [0.4, 0.5) is 0 Å². The number of aliphatic hydroxyl groups excluding tert-OH is 1. The molecule has 0 saturated carbocycles. The van der Waals surface area contributed by atoms with Gasteiger partial charge in [-0.15, -0.1) is 0 Å². The number of carbonyl (C=O) groups is 1. The lowest BCUT2D eigenvalue weighted by Gasteiger charge is -2.25. The molecule has 0 aromatic heterocycles. The number of nitrogens with one attached hydrogen (secondary N) is 1. The van der Waals surface area contributed by atoms with Crippen molar-refractivity contribution in [3.05, 3.63) is 12.2 Å². The van der Waals surface area contributed by atoms with E-state index in [2.05, 4.69) is 19.2 Å². The molecule has 0 aliphatic carbocycles. The van der Waals surface area contributed by atoms with Gasteiger partial charge in [-0.05, 0) is 19.3 Å². The number of quaternary nitrogens is 1. The van der Waals surface area contributed by atoms with Gasteiger partial charge >= 0.3 is 7.82 Å². The quantitative estimate of drug-likeness (QED) is 0.0250. The maximum absolute atomic E-state index is 12.8. The monoisotopic (exact) mass is 746 g/mol. The van der Waals surface area contributed by atoms with Gasteiger partial charge in [0, 0.05) is 6.42 Å². The van der Waals surface area contributed by atoms with E-state index >= 15 is 0 Å². The first-order valence-electron chi connectivity index (χ1n) is 21.6. The number of unbranched alkanes of at least 4 members (excludes halogenated alkanes) is 26. The molecule has 3 N–H and O–H groups in total. The number of allylic oxidation sites excluding steroid dienone is 1. The molecule has 1 unspecified atom stereocenters. The van der Waals surface area contributed by atoms with Crippen molar-refractivity contribution >= 4 is 13.7 Å². The standard InChI is InChI=1S/C42H85N2O6P/c1-6-8-10-12-14-16-18-20-22-23-25-27-29-31-33-35-41(45)40(39-50-51(47,48)49-38-37-44(3,4)5)43-42(46)36-34-32-30-28-26-24-21-19-17-15-13-11-9-7-2/h33,35,40-41,45H,6-32,34,36-39H2,1-5H3,(H-,43,46,47,48)/p+1/b35-33+/t40-,41+/m0/s1. The fourth-order valence-electron chi connectivity index (χ4n) is 6.28. The van der Waals surface area contributed by atoms with E-state index in [4.69, 9.17) is 9.05 Å². The predicted molar refractivity (Wildman–Crippen MR) is 217 cm³/mol. The van der Waals surface area contributed by atoms with E-state index in [1.807, 2.05) is 27.2 Å². The summed E-state index contributed by atoms with van der Waals surface area (Å²) in [5.74, 6) is -0.176. The van der Waals surface area contributed by atoms with Crippen molar-refractivity contribution in [1.29, 1.82) is 0 Å². The van der Waals surface area contributed by atoms with E-state index in [-0.39, 0.29) is 19.1 Å². The molecule has 0 fully saturated rings. The van der Waals surface area contributed by atoms with E-state index in [0.29, 0.717) is 17.4 Å². The molecule has 0 aliphatic heterocycles. The first kappa shape index (κ1) is 50.2. The van der Waals surface area contributed by atoms with Gasteiger partial charge in [-0.25, -0.2) is 4.57 Å². The molecular weight excluding hydrogens is 659 g/mol. The zero-order valence-electron chi connectivity index (χ0n) is 34.4. The highest BCUT2D eigenvalue weighted by Gasteiger charge is 2.27. The summed E-state index contributed by atoms with van der Waals surface area (Å²) in [5.41, 5.74) is 0. The minimum Gasteiger partial charge on any atom is -0.387 e. The number of carbonyl (C=O) groups excluding carboxylic acids is 1. The van der Waals surface area contributed by atoms with Gasteiger partial charge in [0.15, 0.2) is 0 Å². The molecule has 0 heterocycles. The summed E-state index contributed by atoms with van der Waals surface area (Å²) >= 11 is 0. The lowest BCUT2D eigenvalue weighted by molar-refractivity contribution is -0.870. The maximum Gasteiger partial charge on any atom is 0.472 e. The Morgan fingerprint density at radius 1 is 0.647 bits per heavy atom. The normalized spacial score (nSPS) is 14.6. The van der Waals surface area contributed by atoms with E-state index in [9.17, 15) is 19.4 Å². The summed E-state index contributed by atoms with van der Waals surface area (Å²) in [4.78, 5) is 23.1. The Morgan fingerprint density at radius 3 is 1.45 bits per heavy atom. The minimum atomic E-state index is -4.33. The van der Waals surface area contributed by atoms with Crippen molar-refractivity contribution < 1.29 is 32.9 Å². The first-order chi connectivity index (χ1) is 24.5. The average Bonchev–Trinajstić information content (AvgIpc) is 3.07. The summed E-state index contributed by atoms with van der Waals surface area (Å²) in [6.45, 7) is 4.82. The van der Waals surface area contributed by atoms with Gasteiger partial charge < -0.3 is 19.8 Å². The van der Waals surface area contributed by atoms with Crippen molar-refractivity contribution in [3.63, 3.8) is 0 Å². The minimum absolute atomic E-state index is 0.0645. The lowest BCUT2D eigenvalue weighted by atomic mass is 10.0. The third-order valence-corrected chi connectivity index (χ3v) is 10.7. The molecule has 8 nitrogen and oxygen atoms in total. The first-order valence-corrected chi connectivity index (χ1v) is 23.1. The molecule has 0 bridgehead atoms. The van der Waals surface area contributed by atoms with Gasteiger partial charge in [0.2, 0.25) is 5.91 Å². The summed E-state index contributed by atoms with van der Waals surface area (Å²) in [6, 6.07) is -0.838. The molecule has 3 atom stereocenters. The van der Waals surface area contributed by atoms with Gasteiger partial charge in [0.25, 0.3) is 0 Å². The number of aliphatic hydroxyl groups is 1. The van der Waals surface area contributed by atoms with Crippen molar-refractivity contribution in [1.82, 2.24) is 5.32 Å². The average molecular weight is 746 g/mol. The van der Waals surface area contributed by atoms with Crippen LogP contribution < -0.4 is 5.32 Å². The molecule has 0 spiro atoms. The van der Waals surface area contributed by atoms with Crippen LogP contribution in [0, 0.1) is 0 Å². The second-order valence-electron chi connectivity index (χ2n) is 16.1. The van der Waals surface area contributed by atoms with E-state index in [1.54, 1.807) is 6.08 Å². The van der Waals surface area contributed by atoms with Crippen LogP contribution in [0.25, 0.3) is 0 Å². The molecule has 0 rings (SSSR count). The van der Waals surface area contributed by atoms with Crippen LogP contribution in [0.1, 0.15) is 200 Å². The number of phosphoric ester groups is 1. The summed E-state index contributed by atoms with van der Waals surface area (Å²) < 4.78 is 23.5. The zero-order chi connectivity index (χ0) is 37.9. The maximum atomic E-state index is 12.8. The Balaban J connectivity index is 4.44. The highest BCUT2D eigenvalue weighted by atomic mass is 31.2. The Labute approximate surface area is 316 Å². The van der Waals surface area contributed by atoms with Crippen LogP contribution in [0.3, 0.4) is 0 Å². The van der Waals surface area contributed by atoms with E-state index < -0.39 is 20.0 Å². The van der Waals surface area contributed by atoms with Crippen LogP contribution in [-0.4, -0.2) is 73.4 Å². The van der Waals surface area contributed by atoms with Crippen LogP contribution in [0.2, 0.25) is 0 Å². The van der Waals surface area contributed by atoms with Crippen LogP contribution in [-0.2, 0) is 18.4 Å². The largest absolute Gasteiger partial charge is 0.472 e. The third kappa shape index (κ3) is 37.4. The Bertz CT molecular complexity index is 850. The number of nitrogens with zero attached hydrogens (tertiary/aromatic N) is 1. The molecule has 0 aromatic carbocycles. The molecule has 1 amide bonds. The molecule has 0 radical (unpaired) electrons. The van der Waals surface area contributed by atoms with Gasteiger partial charge in [0.1, 0.15) is 13.2 Å². The van der Waals surface area contributed by atoms with Crippen molar-refractivity contribution in [2.75, 3.05) is 40.9 Å². The zero-order valence-corrected chi connectivity index (χ0v) is 35.3. The summed E-state index contributed by atoms with van der Waals surface area (Å²) in [6.07, 6.45) is 38.4. The topological polar surface area (TPSA) is 105 Å². The smallest absolute Gasteiger partial charge is 0.387 e. The molecule has 9 heteroatoms. The molecule has 304 valence electrons. The summed E-state index contributed by atoms with van der Waals surface area (Å²) in [5, 5.41) is 13.8. The Kier molecular flexibility index (Phi) is 34.5. The fourth-order valence-corrected chi connectivity index (χ4v) is 7.01. The molecule has 51 heavy (non-hydrogen) atoms. The number of rotatable bonds is 39. The Morgan fingerprint density at radius 2 is 1.04 bits per heavy atom. The predicted octanol–water partition coefficient (Wildman–Crippen LogP) is 11.6. The lowest BCUT2D eigenvalue weighted by Crippen LogP contribution is -2.45. The second kappa shape index (κ2) is 35.0. The van der Waals surface area contributed by atoms with Gasteiger partial charge in [-0.3, -0.25) is 13.8 Å². The van der Waals surface area contributed by atoms with Gasteiger partial charge in [-0.1, -0.05) is 187 Å². The highest BCUT2D eigenvalue weighted by Crippen LogP contribution is 2.43. The number of phosphoric acid groups is 1. The Hall–Kier alpha value is -0.760. The van der Waals surface area contributed by atoms with Crippen molar-refractivity contribution in [3.8, 4) is 0 Å². The number of hydrogen-bond acceptors (Lipinski definition) is 5. The van der Waals surface area contributed by atoms with Crippen LogP contribution >= 0.6 is 7.82 Å². The summed E-state index contributed by atoms with van der Waals surface area (Å²) in [7, 11) is 1.58. The van der Waals surface area contributed by atoms with Crippen molar-refractivity contribution in [2.24, 2.45) is 0 Å². The number of amides is 1. The molecular formula is C42H86N2O6P+. The van der Waals surface area contributed by atoms with Crippen molar-refractivity contribution in [2.45, 2.75) is 212 Å². The molecule has 0 aromatic rings. The van der Waals surface area contributed by atoms with E-state index in [1.165, 1.54) is 141 Å². The third-order valence-electron chi connectivity index (χ3n) is 9.76. The van der Waals surface area contributed by atoms with E-state index in [0.717, 1.165) is 38.5 Å².